The number of benzene rings is 1. The lowest BCUT2D eigenvalue weighted by molar-refractivity contribution is 0.282. The van der Waals surface area contributed by atoms with Crippen LogP contribution in [0.4, 0.5) is 5.69 Å². The van der Waals surface area contributed by atoms with Gasteiger partial charge in [0.2, 0.25) is 10.0 Å². The van der Waals surface area contributed by atoms with Crippen LogP contribution in [-0.4, -0.2) is 18.7 Å². The zero-order valence-electron chi connectivity index (χ0n) is 10.3. The lowest BCUT2D eigenvalue weighted by Gasteiger charge is -2.06. The molecule has 19 heavy (non-hydrogen) atoms. The third kappa shape index (κ3) is 3.80. The number of nitrogens with zero attached hydrogens (tertiary/aromatic N) is 1. The van der Waals surface area contributed by atoms with Crippen LogP contribution in [0.5, 0.6) is 0 Å². The average molecular weight is 282 g/mol. The van der Waals surface area contributed by atoms with E-state index in [2.05, 4.69) is 9.88 Å². The number of aliphatic hydroxyl groups is 1. The molecule has 0 aliphatic rings. The van der Waals surface area contributed by atoms with E-state index in [0.29, 0.717) is 17.1 Å². The number of aromatic nitrogens is 1. The van der Waals surface area contributed by atoms with E-state index in [0.717, 1.165) is 5.56 Å². The molecule has 0 saturated carbocycles. The summed E-state index contributed by atoms with van der Waals surface area (Å²) in [5.74, 6) is 0.323. The Kier molecular flexibility index (Phi) is 3.87. The van der Waals surface area contributed by atoms with E-state index in [1.165, 1.54) is 0 Å². The Bertz CT molecular complexity index is 647. The maximum absolute atomic E-state index is 11.9. The Labute approximate surface area is 111 Å². The fraction of sp³-hybridized carbons (Fsp3) is 0.250. The maximum atomic E-state index is 11.9. The normalized spacial score (nSPS) is 11.5. The standard InChI is InChI=1S/C12H14N2O4S/c1-9-6-12(13-18-9)8-19(16,17)14-11-4-2-10(7-15)3-5-11/h2-6,14-15H,7-8H2,1H3. The van der Waals surface area contributed by atoms with Crippen molar-refractivity contribution in [2.45, 2.75) is 19.3 Å². The highest BCUT2D eigenvalue weighted by atomic mass is 32.2. The van der Waals surface area contributed by atoms with E-state index in [9.17, 15) is 8.42 Å². The average Bonchev–Trinajstić information content (AvgIpc) is 2.74. The monoisotopic (exact) mass is 282 g/mol. The number of rotatable bonds is 5. The molecular formula is C12H14N2O4S. The van der Waals surface area contributed by atoms with Crippen LogP contribution >= 0.6 is 0 Å². The van der Waals surface area contributed by atoms with Crippen LogP contribution in [0.15, 0.2) is 34.9 Å². The summed E-state index contributed by atoms with van der Waals surface area (Å²) in [6.07, 6.45) is 0. The van der Waals surface area contributed by atoms with Crippen molar-refractivity contribution in [1.82, 2.24) is 5.16 Å². The van der Waals surface area contributed by atoms with Gasteiger partial charge in [0.1, 0.15) is 17.2 Å². The summed E-state index contributed by atoms with van der Waals surface area (Å²) in [7, 11) is -3.53. The Morgan fingerprint density at radius 3 is 2.53 bits per heavy atom. The van der Waals surface area contributed by atoms with Crippen LogP contribution < -0.4 is 4.72 Å². The highest BCUT2D eigenvalue weighted by Gasteiger charge is 2.14. The van der Waals surface area contributed by atoms with Crippen molar-refractivity contribution in [3.05, 3.63) is 47.3 Å². The van der Waals surface area contributed by atoms with Crippen molar-refractivity contribution in [2.75, 3.05) is 4.72 Å². The minimum Gasteiger partial charge on any atom is -0.392 e. The van der Waals surface area contributed by atoms with Crippen molar-refractivity contribution in [3.63, 3.8) is 0 Å². The summed E-state index contributed by atoms with van der Waals surface area (Å²) < 4.78 is 31.0. The molecule has 0 spiro atoms. The highest BCUT2D eigenvalue weighted by molar-refractivity contribution is 7.91. The van der Waals surface area contributed by atoms with Crippen molar-refractivity contribution in [1.29, 1.82) is 0 Å². The zero-order valence-corrected chi connectivity index (χ0v) is 11.1. The molecule has 7 heteroatoms. The summed E-state index contributed by atoms with van der Waals surface area (Å²) in [6, 6.07) is 8.07. The predicted molar refractivity (Wildman–Crippen MR) is 69.9 cm³/mol. The fourth-order valence-electron chi connectivity index (χ4n) is 1.57. The van der Waals surface area contributed by atoms with E-state index in [1.807, 2.05) is 0 Å². The van der Waals surface area contributed by atoms with Crippen LogP contribution in [0, 0.1) is 6.92 Å². The Hall–Kier alpha value is -1.86. The molecule has 2 N–H and O–H groups in total. The van der Waals surface area contributed by atoms with Gasteiger partial charge in [-0.15, -0.1) is 0 Å². The number of aliphatic hydroxyl groups excluding tert-OH is 1. The molecule has 1 aromatic carbocycles. The van der Waals surface area contributed by atoms with Crippen LogP contribution in [0.1, 0.15) is 17.0 Å². The number of sulfonamides is 1. The Morgan fingerprint density at radius 1 is 1.32 bits per heavy atom. The predicted octanol–water partition coefficient (Wildman–Crippen LogP) is 1.42. The molecule has 0 amide bonds. The van der Waals surface area contributed by atoms with Gasteiger partial charge in [0.25, 0.3) is 0 Å². The molecule has 2 aromatic rings. The van der Waals surface area contributed by atoms with Gasteiger partial charge < -0.3 is 9.63 Å². The molecule has 0 radical (unpaired) electrons. The molecule has 0 fully saturated rings. The summed E-state index contributed by atoms with van der Waals surface area (Å²) in [6.45, 7) is 1.62. The lowest BCUT2D eigenvalue weighted by atomic mass is 10.2. The van der Waals surface area contributed by atoms with Crippen molar-refractivity contribution >= 4 is 15.7 Å². The van der Waals surface area contributed by atoms with E-state index in [1.54, 1.807) is 37.3 Å². The Morgan fingerprint density at radius 2 is 2.00 bits per heavy atom. The number of anilines is 1. The first-order valence-electron chi connectivity index (χ1n) is 5.61. The first-order chi connectivity index (χ1) is 8.98. The fourth-order valence-corrected chi connectivity index (χ4v) is 2.67. The van der Waals surface area contributed by atoms with Crippen LogP contribution in [-0.2, 0) is 22.4 Å². The van der Waals surface area contributed by atoms with Crippen molar-refractivity contribution < 1.29 is 18.0 Å². The molecule has 0 atom stereocenters. The number of hydrogen-bond donors (Lipinski definition) is 2. The van der Waals surface area contributed by atoms with Gasteiger partial charge >= 0.3 is 0 Å². The van der Waals surface area contributed by atoms with Gasteiger partial charge in [0.05, 0.1) is 6.61 Å². The Balaban J connectivity index is 2.07. The summed E-state index contributed by atoms with van der Waals surface area (Å²) >= 11 is 0. The lowest BCUT2D eigenvalue weighted by Crippen LogP contribution is -2.15. The van der Waals surface area contributed by atoms with Gasteiger partial charge in [-0.05, 0) is 24.6 Å². The van der Waals surface area contributed by atoms with Crippen molar-refractivity contribution in [3.8, 4) is 0 Å². The van der Waals surface area contributed by atoms with E-state index >= 15 is 0 Å². The van der Waals surface area contributed by atoms with E-state index in [4.69, 9.17) is 9.63 Å². The van der Waals surface area contributed by atoms with Gasteiger partial charge in [0.15, 0.2) is 0 Å². The first kappa shape index (κ1) is 13.6. The number of aryl methyl sites for hydroxylation is 1. The number of nitrogens with one attached hydrogen (secondary N) is 1. The topological polar surface area (TPSA) is 92.4 Å². The van der Waals surface area contributed by atoms with Gasteiger partial charge in [-0.3, -0.25) is 4.72 Å². The molecule has 0 unspecified atom stereocenters. The second-order valence-corrected chi connectivity index (χ2v) is 5.87. The maximum Gasteiger partial charge on any atom is 0.238 e. The quantitative estimate of drug-likeness (QED) is 0.865. The molecule has 6 nitrogen and oxygen atoms in total. The van der Waals surface area contributed by atoms with E-state index < -0.39 is 10.0 Å². The zero-order chi connectivity index (χ0) is 13.9. The molecule has 0 bridgehead atoms. The van der Waals surface area contributed by atoms with Crippen LogP contribution in [0.2, 0.25) is 0 Å². The summed E-state index contributed by atoms with van der Waals surface area (Å²) in [5.41, 5.74) is 1.52. The second kappa shape index (κ2) is 5.41. The molecular weight excluding hydrogens is 268 g/mol. The molecule has 1 aromatic heterocycles. The minimum atomic E-state index is -3.53. The highest BCUT2D eigenvalue weighted by Crippen LogP contribution is 2.14. The SMILES string of the molecule is Cc1cc(CS(=O)(=O)Nc2ccc(CO)cc2)no1. The third-order valence-corrected chi connectivity index (χ3v) is 3.65. The smallest absolute Gasteiger partial charge is 0.238 e. The largest absolute Gasteiger partial charge is 0.392 e. The van der Waals surface area contributed by atoms with Gasteiger partial charge in [0, 0.05) is 11.8 Å². The van der Waals surface area contributed by atoms with E-state index in [-0.39, 0.29) is 12.4 Å². The summed E-state index contributed by atoms with van der Waals surface area (Å²) in [4.78, 5) is 0. The number of hydrogen-bond acceptors (Lipinski definition) is 5. The first-order valence-corrected chi connectivity index (χ1v) is 7.26. The molecule has 0 aliphatic carbocycles. The van der Waals surface area contributed by atoms with Crippen LogP contribution in [0.3, 0.4) is 0 Å². The van der Waals surface area contributed by atoms with Crippen LogP contribution in [0.25, 0.3) is 0 Å². The molecule has 102 valence electrons. The molecule has 2 rings (SSSR count). The third-order valence-electron chi connectivity index (χ3n) is 2.42. The molecule has 0 saturated heterocycles. The van der Waals surface area contributed by atoms with Gasteiger partial charge in [-0.25, -0.2) is 8.42 Å². The van der Waals surface area contributed by atoms with Gasteiger partial charge in [-0.2, -0.15) is 0 Å². The minimum absolute atomic E-state index is 0.0781. The second-order valence-electron chi connectivity index (χ2n) is 4.15. The van der Waals surface area contributed by atoms with Gasteiger partial charge in [-0.1, -0.05) is 17.3 Å². The van der Waals surface area contributed by atoms with Crippen molar-refractivity contribution in [2.24, 2.45) is 0 Å². The molecule has 1 heterocycles. The summed E-state index contributed by atoms with van der Waals surface area (Å²) in [5, 5.41) is 12.5. The molecule has 0 aliphatic heterocycles.